The Balaban J connectivity index is 1.44. The molecular formula is C25H23NO3. The van der Waals surface area contributed by atoms with Crippen molar-refractivity contribution in [3.05, 3.63) is 89.0 Å². The molecule has 1 N–H and O–H groups in total. The van der Waals surface area contributed by atoms with E-state index >= 15 is 0 Å². The predicted molar refractivity (Wildman–Crippen MR) is 113 cm³/mol. The third kappa shape index (κ3) is 3.46. The van der Waals surface area contributed by atoms with Crippen LogP contribution in [0.4, 0.5) is 5.69 Å². The summed E-state index contributed by atoms with van der Waals surface area (Å²) in [4.78, 5) is 13.2. The van der Waals surface area contributed by atoms with Crippen LogP contribution < -0.4 is 14.8 Å². The molecule has 2 aliphatic heterocycles. The number of hydrogen-bond donors (Lipinski definition) is 1. The van der Waals surface area contributed by atoms with Gasteiger partial charge in [0.05, 0.1) is 18.9 Å². The van der Waals surface area contributed by atoms with E-state index in [1.165, 1.54) is 0 Å². The van der Waals surface area contributed by atoms with Gasteiger partial charge in [-0.3, -0.25) is 4.79 Å². The lowest BCUT2D eigenvalue weighted by Crippen LogP contribution is -2.18. The van der Waals surface area contributed by atoms with Gasteiger partial charge in [-0.1, -0.05) is 60.7 Å². The van der Waals surface area contributed by atoms with Crippen LogP contribution in [0.25, 0.3) is 0 Å². The SMILES string of the molecule is O=C(CC(c1ccccc1)c1ccccc1)Nc1c2c(cc3c1OCC3)OCC2. The van der Waals surface area contributed by atoms with Crippen LogP contribution in [-0.2, 0) is 17.6 Å². The second-order valence-corrected chi connectivity index (χ2v) is 7.54. The van der Waals surface area contributed by atoms with Gasteiger partial charge < -0.3 is 14.8 Å². The number of amides is 1. The standard InChI is InChI=1S/C25H23NO3/c27-23(16-21(17-7-3-1-4-8-17)18-9-5-2-6-10-18)26-24-20-12-14-28-22(20)15-19-11-13-29-25(19)24/h1-10,15,21H,11-14,16H2,(H,26,27). The van der Waals surface area contributed by atoms with E-state index in [1.54, 1.807) is 0 Å². The average molecular weight is 385 g/mol. The summed E-state index contributed by atoms with van der Waals surface area (Å²) in [6, 6.07) is 22.5. The zero-order valence-electron chi connectivity index (χ0n) is 16.2. The highest BCUT2D eigenvalue weighted by atomic mass is 16.5. The second-order valence-electron chi connectivity index (χ2n) is 7.54. The van der Waals surface area contributed by atoms with Crippen molar-refractivity contribution in [3.63, 3.8) is 0 Å². The molecule has 0 aromatic heterocycles. The van der Waals surface area contributed by atoms with Crippen LogP contribution in [0.3, 0.4) is 0 Å². The quantitative estimate of drug-likeness (QED) is 0.691. The summed E-state index contributed by atoms with van der Waals surface area (Å²) in [6.45, 7) is 1.30. The van der Waals surface area contributed by atoms with E-state index in [-0.39, 0.29) is 11.8 Å². The molecule has 4 heteroatoms. The third-order valence-electron chi connectivity index (χ3n) is 5.71. The largest absolute Gasteiger partial charge is 0.493 e. The monoisotopic (exact) mass is 385 g/mol. The Kier molecular flexibility index (Phi) is 4.68. The number of benzene rings is 3. The van der Waals surface area contributed by atoms with E-state index in [4.69, 9.17) is 9.47 Å². The van der Waals surface area contributed by atoms with Crippen LogP contribution in [0.15, 0.2) is 66.7 Å². The molecule has 5 rings (SSSR count). The van der Waals surface area contributed by atoms with Crippen molar-refractivity contribution in [1.29, 1.82) is 0 Å². The molecule has 0 atom stereocenters. The summed E-state index contributed by atoms with van der Waals surface area (Å²) in [6.07, 6.45) is 2.02. The molecule has 2 heterocycles. The van der Waals surface area contributed by atoms with Crippen molar-refractivity contribution < 1.29 is 14.3 Å². The molecule has 29 heavy (non-hydrogen) atoms. The van der Waals surface area contributed by atoms with Gasteiger partial charge in [0.15, 0.2) is 0 Å². The van der Waals surface area contributed by atoms with E-state index in [2.05, 4.69) is 35.6 Å². The minimum absolute atomic E-state index is 0.000576. The second kappa shape index (κ2) is 7.63. The molecule has 0 unspecified atom stereocenters. The fourth-order valence-corrected chi connectivity index (χ4v) is 4.29. The van der Waals surface area contributed by atoms with Crippen molar-refractivity contribution in [1.82, 2.24) is 0 Å². The number of hydrogen-bond acceptors (Lipinski definition) is 3. The molecule has 4 nitrogen and oxygen atoms in total. The van der Waals surface area contributed by atoms with E-state index in [0.29, 0.717) is 19.6 Å². The summed E-state index contributed by atoms with van der Waals surface area (Å²) in [7, 11) is 0. The highest BCUT2D eigenvalue weighted by Crippen LogP contribution is 2.44. The Labute approximate surface area is 170 Å². The maximum Gasteiger partial charge on any atom is 0.225 e. The Bertz CT molecular complexity index is 959. The molecule has 146 valence electrons. The fourth-order valence-electron chi connectivity index (χ4n) is 4.29. The molecule has 0 saturated carbocycles. The van der Waals surface area contributed by atoms with E-state index in [1.807, 2.05) is 36.4 Å². The fraction of sp³-hybridized carbons (Fsp3) is 0.240. The molecule has 0 saturated heterocycles. The van der Waals surface area contributed by atoms with Gasteiger partial charge in [0.1, 0.15) is 11.5 Å². The van der Waals surface area contributed by atoms with Crippen molar-refractivity contribution in [3.8, 4) is 11.5 Å². The summed E-state index contributed by atoms with van der Waals surface area (Å²) >= 11 is 0. The number of carbonyl (C=O) groups excluding carboxylic acids is 1. The summed E-state index contributed by atoms with van der Waals surface area (Å²) < 4.78 is 11.6. The summed E-state index contributed by atoms with van der Waals surface area (Å²) in [5.74, 6) is 1.69. The van der Waals surface area contributed by atoms with E-state index in [9.17, 15) is 4.79 Å². The van der Waals surface area contributed by atoms with E-state index in [0.717, 1.165) is 52.3 Å². The van der Waals surface area contributed by atoms with Gasteiger partial charge in [-0.15, -0.1) is 0 Å². The van der Waals surface area contributed by atoms with Crippen molar-refractivity contribution >= 4 is 11.6 Å². The van der Waals surface area contributed by atoms with Crippen LogP contribution in [0.1, 0.15) is 34.6 Å². The molecule has 0 bridgehead atoms. The Morgan fingerprint density at radius 3 is 2.24 bits per heavy atom. The van der Waals surface area contributed by atoms with Crippen LogP contribution in [0, 0.1) is 0 Å². The van der Waals surface area contributed by atoms with Gasteiger partial charge in [-0.25, -0.2) is 0 Å². The van der Waals surface area contributed by atoms with Gasteiger partial charge in [0.2, 0.25) is 5.91 Å². The lowest BCUT2D eigenvalue weighted by molar-refractivity contribution is -0.116. The summed E-state index contributed by atoms with van der Waals surface area (Å²) in [5, 5.41) is 3.17. The van der Waals surface area contributed by atoms with Crippen LogP contribution in [0.5, 0.6) is 11.5 Å². The topological polar surface area (TPSA) is 47.6 Å². The van der Waals surface area contributed by atoms with Crippen LogP contribution in [0.2, 0.25) is 0 Å². The van der Waals surface area contributed by atoms with Crippen molar-refractivity contribution in [2.75, 3.05) is 18.5 Å². The van der Waals surface area contributed by atoms with Crippen molar-refractivity contribution in [2.45, 2.75) is 25.2 Å². The predicted octanol–water partition coefficient (Wildman–Crippen LogP) is 4.72. The molecule has 0 spiro atoms. The maximum absolute atomic E-state index is 13.2. The molecule has 0 radical (unpaired) electrons. The van der Waals surface area contributed by atoms with E-state index < -0.39 is 0 Å². The zero-order chi connectivity index (χ0) is 19.6. The lowest BCUT2D eigenvalue weighted by Gasteiger charge is -2.19. The minimum atomic E-state index is -0.0132. The van der Waals surface area contributed by atoms with Crippen LogP contribution >= 0.6 is 0 Å². The number of rotatable bonds is 5. The number of ether oxygens (including phenoxy) is 2. The normalized spacial score (nSPS) is 14.1. The van der Waals surface area contributed by atoms with Gasteiger partial charge in [-0.05, 0) is 17.2 Å². The number of nitrogens with one attached hydrogen (secondary N) is 1. The highest BCUT2D eigenvalue weighted by molar-refractivity contribution is 5.95. The molecule has 3 aromatic carbocycles. The minimum Gasteiger partial charge on any atom is -0.493 e. The number of anilines is 1. The smallest absolute Gasteiger partial charge is 0.225 e. The van der Waals surface area contributed by atoms with Gasteiger partial charge >= 0.3 is 0 Å². The number of fused-ring (bicyclic) bond motifs is 2. The molecule has 2 aliphatic rings. The first-order valence-corrected chi connectivity index (χ1v) is 10.1. The van der Waals surface area contributed by atoms with Gasteiger partial charge in [-0.2, -0.15) is 0 Å². The summed E-state index contributed by atoms with van der Waals surface area (Å²) in [5.41, 5.74) is 5.24. The molecule has 0 aliphatic carbocycles. The third-order valence-corrected chi connectivity index (χ3v) is 5.71. The highest BCUT2D eigenvalue weighted by Gasteiger charge is 2.28. The van der Waals surface area contributed by atoms with Crippen molar-refractivity contribution in [2.24, 2.45) is 0 Å². The van der Waals surface area contributed by atoms with Crippen LogP contribution in [-0.4, -0.2) is 19.1 Å². The van der Waals surface area contributed by atoms with Gasteiger partial charge in [0, 0.05) is 36.3 Å². The maximum atomic E-state index is 13.2. The average Bonchev–Trinajstić information content (AvgIpc) is 3.42. The lowest BCUT2D eigenvalue weighted by atomic mass is 9.88. The molecule has 0 fully saturated rings. The molecule has 3 aromatic rings. The molecule has 1 amide bonds. The van der Waals surface area contributed by atoms with Gasteiger partial charge in [0.25, 0.3) is 0 Å². The Morgan fingerprint density at radius 2 is 1.55 bits per heavy atom. The zero-order valence-corrected chi connectivity index (χ0v) is 16.2. The first kappa shape index (κ1) is 17.8. The Hall–Kier alpha value is -3.27. The Morgan fingerprint density at radius 1 is 0.897 bits per heavy atom. The molecular weight excluding hydrogens is 362 g/mol. The number of carbonyl (C=O) groups is 1. The first-order valence-electron chi connectivity index (χ1n) is 10.1. The first-order chi connectivity index (χ1) is 14.3.